The molecule has 10 nitrogen and oxygen atoms in total. The van der Waals surface area contributed by atoms with Crippen LogP contribution in [-0.4, -0.2) is 44.0 Å². The summed E-state index contributed by atoms with van der Waals surface area (Å²) in [7, 11) is -15.9. The van der Waals surface area contributed by atoms with Crippen molar-refractivity contribution in [2.24, 2.45) is 0 Å². The maximum Gasteiger partial charge on any atom is 1.00 e. The van der Waals surface area contributed by atoms with Gasteiger partial charge in [0.2, 0.25) is 0 Å². The second kappa shape index (κ2) is 9.73. The van der Waals surface area contributed by atoms with Crippen molar-refractivity contribution in [1.29, 1.82) is 0 Å². The summed E-state index contributed by atoms with van der Waals surface area (Å²) in [6.45, 7) is 0. The van der Waals surface area contributed by atoms with Gasteiger partial charge in [-0.05, 0) is 27.4 Å². The molecule has 154 valence electrons. The van der Waals surface area contributed by atoms with E-state index >= 15 is 0 Å². The number of hydrogen-bond acceptors (Lipinski definition) is 10. The Kier molecular flexibility index (Phi) is 9.40. The summed E-state index contributed by atoms with van der Waals surface area (Å²) in [5, 5.41) is 10.1. The predicted molar refractivity (Wildman–Crippen MR) is 96.0 cm³/mol. The van der Waals surface area contributed by atoms with Crippen LogP contribution in [0.2, 0.25) is 0 Å². The fourth-order valence-corrected chi connectivity index (χ4v) is 6.10. The van der Waals surface area contributed by atoms with E-state index in [0.29, 0.717) is 0 Å². The standard InChI is InChI=1S/C16H12O10S3.3Na/c17-16(29(24,25)26)7-13(28(21,22)23)10-4-3-9-12(27(18,19)20)6-2-8-1-5-11(16)15(10)14(8)9;;;/h1-6,17H,7H2,(H,18,19,20)(H,21,22,23)(H,24,25,26);;;/q;3*+1/p-3. The predicted octanol–water partition coefficient (Wildman–Crippen LogP) is -9.62. The first kappa shape index (κ1) is 30.9. The second-order valence-electron chi connectivity index (χ2n) is 6.56. The fraction of sp³-hybridized carbons (Fsp3) is 0.125. The van der Waals surface area contributed by atoms with Crippen molar-refractivity contribution >= 4 is 56.8 Å². The van der Waals surface area contributed by atoms with Gasteiger partial charge in [0.1, 0.15) is 30.4 Å². The van der Waals surface area contributed by atoms with Gasteiger partial charge in [-0.25, -0.2) is 25.3 Å². The Bertz CT molecular complexity index is 1620. The third kappa shape index (κ3) is 4.78. The van der Waals surface area contributed by atoms with Crippen molar-refractivity contribution in [3.63, 3.8) is 0 Å². The largest absolute Gasteiger partial charge is 1.00 e. The number of aliphatic hydroxyl groups is 1. The monoisotopic (exact) mass is 526 g/mol. The summed E-state index contributed by atoms with van der Waals surface area (Å²) in [4.78, 5) is -4.97. The van der Waals surface area contributed by atoms with Gasteiger partial charge in [-0.15, -0.1) is 0 Å². The molecular weight excluding hydrogens is 517 g/mol. The zero-order valence-corrected chi connectivity index (χ0v) is 25.5. The molecule has 0 radical (unpaired) electrons. The van der Waals surface area contributed by atoms with E-state index in [-0.39, 0.29) is 115 Å². The molecule has 0 bridgehead atoms. The normalized spacial score (nSPS) is 18.6. The van der Waals surface area contributed by atoms with Crippen molar-refractivity contribution in [2.45, 2.75) is 16.2 Å². The molecule has 0 spiro atoms. The number of rotatable bonds is 3. The molecular formula is C16H9Na3O10S3. The van der Waals surface area contributed by atoms with Crippen LogP contribution in [0.25, 0.3) is 26.5 Å². The minimum atomic E-state index is -5.59. The Hall–Kier alpha value is 0.870. The van der Waals surface area contributed by atoms with Crippen molar-refractivity contribution in [1.82, 2.24) is 0 Å². The summed E-state index contributed by atoms with van der Waals surface area (Å²) in [6, 6.07) is 6.76. The Morgan fingerprint density at radius 2 is 1.31 bits per heavy atom. The van der Waals surface area contributed by atoms with Gasteiger partial charge >= 0.3 is 88.7 Å². The molecule has 3 aromatic carbocycles. The first-order valence-electron chi connectivity index (χ1n) is 7.78. The molecule has 0 amide bonds. The molecule has 4 rings (SSSR count). The van der Waals surface area contributed by atoms with Crippen LogP contribution in [0.1, 0.15) is 12.0 Å². The van der Waals surface area contributed by atoms with Gasteiger partial charge in [0.15, 0.2) is 4.93 Å². The zero-order valence-electron chi connectivity index (χ0n) is 17.0. The van der Waals surface area contributed by atoms with Gasteiger partial charge in [-0.1, -0.05) is 30.3 Å². The maximum atomic E-state index is 11.8. The first-order chi connectivity index (χ1) is 13.2. The molecule has 1 unspecified atom stereocenters. The van der Waals surface area contributed by atoms with Crippen molar-refractivity contribution in [2.75, 3.05) is 0 Å². The summed E-state index contributed by atoms with van der Waals surface area (Å²) < 4.78 is 106. The summed E-state index contributed by atoms with van der Waals surface area (Å²) in [5.74, 6) is 0. The molecule has 0 saturated heterocycles. The van der Waals surface area contributed by atoms with Gasteiger partial charge in [0, 0.05) is 22.3 Å². The van der Waals surface area contributed by atoms with Crippen molar-refractivity contribution in [3.8, 4) is 0 Å². The van der Waals surface area contributed by atoms with Crippen LogP contribution in [0.4, 0.5) is 0 Å². The van der Waals surface area contributed by atoms with E-state index in [4.69, 9.17) is 0 Å². The van der Waals surface area contributed by atoms with Gasteiger partial charge < -0.3 is 18.8 Å². The van der Waals surface area contributed by atoms with E-state index in [0.717, 1.165) is 24.3 Å². The number of benzene rings is 3. The molecule has 0 heterocycles. The van der Waals surface area contributed by atoms with Crippen LogP contribution in [0, 0.1) is 0 Å². The first-order valence-corrected chi connectivity index (χ1v) is 12.0. The van der Waals surface area contributed by atoms with Gasteiger partial charge in [-0.2, -0.15) is 0 Å². The van der Waals surface area contributed by atoms with Crippen LogP contribution in [0.15, 0.2) is 41.3 Å². The van der Waals surface area contributed by atoms with E-state index < -0.39 is 57.1 Å². The molecule has 1 aliphatic rings. The Labute approximate surface area is 249 Å². The maximum absolute atomic E-state index is 11.8. The minimum Gasteiger partial charge on any atom is -0.745 e. The molecule has 0 aliphatic heterocycles. The molecule has 0 fully saturated rings. The van der Waals surface area contributed by atoms with E-state index in [1.165, 1.54) is 12.1 Å². The van der Waals surface area contributed by atoms with Crippen LogP contribution < -0.4 is 93.9 Å². The van der Waals surface area contributed by atoms with Crippen molar-refractivity contribution in [3.05, 3.63) is 47.2 Å². The topological polar surface area (TPSA) is 192 Å². The van der Waals surface area contributed by atoms with Crippen molar-refractivity contribution < 1.29 is 133 Å². The number of hydrogen-bond donors (Lipinski definition) is 1. The van der Waals surface area contributed by atoms with Crippen LogP contribution in [0.3, 0.4) is 0 Å². The molecule has 3 aromatic rings. The molecule has 1 aliphatic carbocycles. The van der Waals surface area contributed by atoms with E-state index in [1.54, 1.807) is 0 Å². The smallest absolute Gasteiger partial charge is 0.745 e. The SMILES string of the molecule is O=S(=O)([O-])C1=c2ccc3c(S(=O)(=O)[O-])ccc4ccc(c2c43)C(O)(S(=O)(=O)[O-])C1.[Na+].[Na+].[Na+]. The van der Waals surface area contributed by atoms with E-state index in [1.807, 2.05) is 0 Å². The van der Waals surface area contributed by atoms with Crippen LogP contribution in [0.5, 0.6) is 0 Å². The average molecular weight is 526 g/mol. The third-order valence-electron chi connectivity index (χ3n) is 4.98. The average Bonchev–Trinajstić information content (AvgIpc) is 2.57. The molecule has 32 heavy (non-hydrogen) atoms. The van der Waals surface area contributed by atoms with Gasteiger partial charge in [0.25, 0.3) is 0 Å². The van der Waals surface area contributed by atoms with Crippen LogP contribution >= 0.6 is 0 Å². The Morgan fingerprint density at radius 1 is 0.750 bits per heavy atom. The van der Waals surface area contributed by atoms with E-state index in [2.05, 4.69) is 0 Å². The minimum absolute atomic E-state index is 0. The van der Waals surface area contributed by atoms with Gasteiger partial charge in [-0.3, -0.25) is 0 Å². The third-order valence-corrected chi connectivity index (χ3v) is 8.03. The molecule has 1 N–H and O–H groups in total. The Balaban J connectivity index is 0.00000171. The molecule has 16 heteroatoms. The van der Waals surface area contributed by atoms with E-state index in [9.17, 15) is 44.0 Å². The second-order valence-corrected chi connectivity index (χ2v) is 10.9. The Morgan fingerprint density at radius 3 is 1.81 bits per heavy atom. The molecule has 0 saturated carbocycles. The summed E-state index contributed by atoms with van der Waals surface area (Å²) in [5.41, 5.74) is -0.506. The summed E-state index contributed by atoms with van der Waals surface area (Å²) in [6.07, 6.45) is -1.29. The fourth-order valence-electron chi connectivity index (χ4n) is 3.75. The quantitative estimate of drug-likeness (QED) is 0.253. The van der Waals surface area contributed by atoms with Gasteiger partial charge in [0.05, 0.1) is 4.90 Å². The zero-order chi connectivity index (χ0) is 21.6. The molecule has 0 aromatic heterocycles. The molecule has 1 atom stereocenters. The summed E-state index contributed by atoms with van der Waals surface area (Å²) >= 11 is 0. The van der Waals surface area contributed by atoms with Crippen LogP contribution in [-0.2, 0) is 35.3 Å².